The van der Waals surface area contributed by atoms with Crippen molar-refractivity contribution in [3.63, 3.8) is 0 Å². The van der Waals surface area contributed by atoms with Gasteiger partial charge in [-0.15, -0.1) is 0 Å². The minimum absolute atomic E-state index is 0.215. The number of H-pyrrole nitrogens is 1. The van der Waals surface area contributed by atoms with Crippen LogP contribution in [0, 0.1) is 12.7 Å². The summed E-state index contributed by atoms with van der Waals surface area (Å²) >= 11 is 0. The summed E-state index contributed by atoms with van der Waals surface area (Å²) in [5, 5.41) is 0.563. The van der Waals surface area contributed by atoms with Crippen molar-refractivity contribution < 1.29 is 26.8 Å². The molecule has 10 heteroatoms. The van der Waals surface area contributed by atoms with Crippen LogP contribution in [0.2, 0.25) is 0 Å². The van der Waals surface area contributed by atoms with E-state index in [4.69, 9.17) is 8.83 Å². The van der Waals surface area contributed by atoms with Crippen LogP contribution in [0.3, 0.4) is 0 Å². The van der Waals surface area contributed by atoms with Crippen LogP contribution in [0.5, 0.6) is 0 Å². The molecule has 1 aromatic carbocycles. The van der Waals surface area contributed by atoms with Gasteiger partial charge in [0.1, 0.15) is 23.2 Å². The van der Waals surface area contributed by atoms with Gasteiger partial charge in [0.25, 0.3) is 12.3 Å². The molecule has 3 aromatic heterocycles. The number of rotatable bonds is 3. The molecule has 154 valence electrons. The van der Waals surface area contributed by atoms with Crippen LogP contribution in [-0.2, 0) is 6.42 Å². The van der Waals surface area contributed by atoms with Gasteiger partial charge in [0.15, 0.2) is 12.1 Å². The summed E-state index contributed by atoms with van der Waals surface area (Å²) in [6.07, 6.45) is -0.183. The lowest BCUT2D eigenvalue weighted by molar-refractivity contribution is 0.0624. The van der Waals surface area contributed by atoms with Crippen molar-refractivity contribution in [2.75, 3.05) is 6.54 Å². The Bertz CT molecular complexity index is 1260. The molecule has 0 bridgehead atoms. The Kier molecular flexibility index (Phi) is 4.16. The lowest BCUT2D eigenvalue weighted by Gasteiger charge is -2.33. The number of carbonyl (C=O) groups is 1. The summed E-state index contributed by atoms with van der Waals surface area (Å²) in [7, 11) is 0. The second-order valence-electron chi connectivity index (χ2n) is 7.02. The van der Waals surface area contributed by atoms with E-state index in [0.29, 0.717) is 34.4 Å². The molecule has 0 aliphatic carbocycles. The largest absolute Gasteiger partial charge is 0.458 e. The Balaban J connectivity index is 1.66. The second-order valence-corrected chi connectivity index (χ2v) is 7.02. The Hall–Kier alpha value is -3.56. The summed E-state index contributed by atoms with van der Waals surface area (Å²) < 4.78 is 51.3. The first-order valence-electron chi connectivity index (χ1n) is 9.19. The normalized spacial score (nSPS) is 16.4. The zero-order valence-electron chi connectivity index (χ0n) is 15.7. The van der Waals surface area contributed by atoms with E-state index in [2.05, 4.69) is 15.0 Å². The standard InChI is InChI=1S/C20H15F3N4O3/c1-9-11-6-10(21)2-3-13(11)30-17(9)16-14-12(24-7-25-14)4-5-27(16)20(28)18-15(19(22)23)26-8-29-18/h2-3,6-8,16,19H,4-5H2,1H3,(H,24,25)/t16-/m1/s1. The van der Waals surface area contributed by atoms with E-state index < -0.39 is 35.6 Å². The van der Waals surface area contributed by atoms with Gasteiger partial charge >= 0.3 is 0 Å². The predicted octanol–water partition coefficient (Wildman–Crippen LogP) is 4.32. The quantitative estimate of drug-likeness (QED) is 0.538. The molecule has 4 heterocycles. The van der Waals surface area contributed by atoms with Crippen molar-refractivity contribution in [1.82, 2.24) is 19.9 Å². The summed E-state index contributed by atoms with van der Waals surface area (Å²) in [6, 6.07) is 3.34. The first-order chi connectivity index (χ1) is 14.5. The SMILES string of the molecule is Cc1c([C@H]2c3nc[nH]c3CCN2C(=O)c2ocnc2C(F)F)oc2ccc(F)cc12. The van der Waals surface area contributed by atoms with Gasteiger partial charge in [-0.25, -0.2) is 23.1 Å². The average molecular weight is 416 g/mol. The van der Waals surface area contributed by atoms with Crippen molar-refractivity contribution in [2.24, 2.45) is 0 Å². The second kappa shape index (κ2) is 6.75. The average Bonchev–Trinajstić information content (AvgIpc) is 3.45. The van der Waals surface area contributed by atoms with Gasteiger partial charge in [-0.1, -0.05) is 0 Å². The van der Waals surface area contributed by atoms with Crippen molar-refractivity contribution in [3.8, 4) is 0 Å². The third-order valence-corrected chi connectivity index (χ3v) is 5.37. The molecule has 30 heavy (non-hydrogen) atoms. The molecule has 4 aromatic rings. The minimum atomic E-state index is -2.96. The van der Waals surface area contributed by atoms with E-state index in [1.807, 2.05) is 0 Å². The monoisotopic (exact) mass is 416 g/mol. The van der Waals surface area contributed by atoms with E-state index in [9.17, 15) is 18.0 Å². The number of alkyl halides is 2. The summed E-state index contributed by atoms with van der Waals surface area (Å²) in [4.78, 5) is 25.4. The van der Waals surface area contributed by atoms with E-state index in [1.54, 1.807) is 6.92 Å². The van der Waals surface area contributed by atoms with Gasteiger partial charge in [0, 0.05) is 29.6 Å². The van der Waals surface area contributed by atoms with Gasteiger partial charge < -0.3 is 18.7 Å². The molecule has 0 unspecified atom stereocenters. The predicted molar refractivity (Wildman–Crippen MR) is 97.5 cm³/mol. The highest BCUT2D eigenvalue weighted by Gasteiger charge is 2.40. The van der Waals surface area contributed by atoms with Crippen LogP contribution in [0.15, 0.2) is 39.8 Å². The molecule has 0 fully saturated rings. The fraction of sp³-hybridized carbons (Fsp3) is 0.250. The van der Waals surface area contributed by atoms with E-state index in [-0.39, 0.29) is 6.54 Å². The number of aryl methyl sites for hydroxylation is 1. The number of imidazole rings is 1. The van der Waals surface area contributed by atoms with Gasteiger partial charge in [-0.3, -0.25) is 4.79 Å². The maximum absolute atomic E-state index is 13.8. The van der Waals surface area contributed by atoms with E-state index in [0.717, 1.165) is 12.1 Å². The van der Waals surface area contributed by atoms with Crippen LogP contribution in [-0.4, -0.2) is 32.3 Å². The molecule has 0 spiro atoms. The molecular formula is C20H15F3N4O3. The number of oxazole rings is 1. The molecular weight excluding hydrogens is 401 g/mol. The molecule has 1 atom stereocenters. The van der Waals surface area contributed by atoms with Crippen LogP contribution in [0.25, 0.3) is 11.0 Å². The third kappa shape index (κ3) is 2.71. The molecule has 0 radical (unpaired) electrons. The number of carbonyl (C=O) groups excluding carboxylic acids is 1. The molecule has 5 rings (SSSR count). The number of halogens is 3. The number of amides is 1. The fourth-order valence-electron chi connectivity index (χ4n) is 3.93. The number of aromatic nitrogens is 3. The van der Waals surface area contributed by atoms with Crippen LogP contribution in [0.4, 0.5) is 13.2 Å². The zero-order chi connectivity index (χ0) is 21.0. The lowest BCUT2D eigenvalue weighted by atomic mass is 9.97. The first kappa shape index (κ1) is 18.5. The first-order valence-corrected chi connectivity index (χ1v) is 9.19. The van der Waals surface area contributed by atoms with Crippen molar-refractivity contribution in [3.05, 3.63) is 70.9 Å². The smallest absolute Gasteiger partial charge is 0.292 e. The fourth-order valence-corrected chi connectivity index (χ4v) is 3.93. The number of benzene rings is 1. The molecule has 0 saturated carbocycles. The summed E-state index contributed by atoms with van der Waals surface area (Å²) in [5.41, 5.74) is 1.72. The van der Waals surface area contributed by atoms with Gasteiger partial charge in [-0.2, -0.15) is 0 Å². The number of furan rings is 1. The van der Waals surface area contributed by atoms with Gasteiger partial charge in [-0.05, 0) is 25.1 Å². The Morgan fingerprint density at radius 3 is 2.97 bits per heavy atom. The molecule has 1 N–H and O–H groups in total. The Morgan fingerprint density at radius 2 is 2.17 bits per heavy atom. The van der Waals surface area contributed by atoms with E-state index in [1.165, 1.54) is 29.4 Å². The number of nitrogens with one attached hydrogen (secondary N) is 1. The number of nitrogens with zero attached hydrogens (tertiary/aromatic N) is 3. The van der Waals surface area contributed by atoms with E-state index >= 15 is 0 Å². The van der Waals surface area contributed by atoms with Crippen LogP contribution >= 0.6 is 0 Å². The minimum Gasteiger partial charge on any atom is -0.458 e. The topological polar surface area (TPSA) is 88.2 Å². The number of hydrogen-bond donors (Lipinski definition) is 1. The van der Waals surface area contributed by atoms with Crippen LogP contribution < -0.4 is 0 Å². The summed E-state index contributed by atoms with van der Waals surface area (Å²) in [5.74, 6) is -1.30. The number of hydrogen-bond acceptors (Lipinski definition) is 5. The third-order valence-electron chi connectivity index (χ3n) is 5.37. The molecule has 1 aliphatic rings. The zero-order valence-corrected chi connectivity index (χ0v) is 15.7. The maximum Gasteiger partial charge on any atom is 0.292 e. The van der Waals surface area contributed by atoms with Gasteiger partial charge in [0.05, 0.1) is 12.0 Å². The molecule has 1 amide bonds. The maximum atomic E-state index is 13.8. The van der Waals surface area contributed by atoms with Crippen molar-refractivity contribution >= 4 is 16.9 Å². The van der Waals surface area contributed by atoms with Crippen LogP contribution in [0.1, 0.15) is 51.4 Å². The van der Waals surface area contributed by atoms with Crippen molar-refractivity contribution in [2.45, 2.75) is 25.8 Å². The highest BCUT2D eigenvalue weighted by Crippen LogP contribution is 2.40. The molecule has 0 saturated heterocycles. The highest BCUT2D eigenvalue weighted by atomic mass is 19.3. The number of fused-ring (bicyclic) bond motifs is 2. The number of aromatic amines is 1. The Labute approximate surface area is 167 Å². The molecule has 7 nitrogen and oxygen atoms in total. The summed E-state index contributed by atoms with van der Waals surface area (Å²) in [6.45, 7) is 1.97. The molecule has 1 aliphatic heterocycles. The highest BCUT2D eigenvalue weighted by molar-refractivity contribution is 5.93. The lowest BCUT2D eigenvalue weighted by Crippen LogP contribution is -2.41. The Morgan fingerprint density at radius 1 is 1.33 bits per heavy atom. The van der Waals surface area contributed by atoms with Gasteiger partial charge in [0.2, 0.25) is 5.76 Å². The van der Waals surface area contributed by atoms with Crippen molar-refractivity contribution in [1.29, 1.82) is 0 Å².